The molecule has 1 fully saturated rings. The van der Waals surface area contributed by atoms with Gasteiger partial charge in [-0.25, -0.2) is 4.98 Å². The van der Waals surface area contributed by atoms with Crippen LogP contribution < -0.4 is 5.56 Å². The van der Waals surface area contributed by atoms with Gasteiger partial charge in [0.05, 0.1) is 18.8 Å². The molecule has 0 radical (unpaired) electrons. The Hall–Kier alpha value is -1.73. The minimum absolute atomic E-state index is 0.149. The molecule has 1 N–H and O–H groups in total. The normalized spacial score (nSPS) is 18.9. The SMILES string of the molecule is CC1CCN(CC(O)Cn2cnc3c(cnn3C)c2=O)CC1. The molecule has 3 rings (SSSR count). The third-order valence-electron chi connectivity index (χ3n) is 4.47. The molecule has 0 saturated carbocycles. The molecule has 1 aliphatic rings. The number of aryl methyl sites for hydroxylation is 1. The van der Waals surface area contributed by atoms with Gasteiger partial charge < -0.3 is 10.0 Å². The molecule has 0 spiro atoms. The van der Waals surface area contributed by atoms with Gasteiger partial charge in [0.1, 0.15) is 11.7 Å². The van der Waals surface area contributed by atoms with E-state index in [9.17, 15) is 9.90 Å². The number of hydrogen-bond donors (Lipinski definition) is 1. The topological polar surface area (TPSA) is 76.2 Å². The average molecular weight is 305 g/mol. The van der Waals surface area contributed by atoms with Gasteiger partial charge in [-0.1, -0.05) is 6.92 Å². The fourth-order valence-corrected chi connectivity index (χ4v) is 3.02. The predicted octanol–water partition coefficient (Wildman–Crippen LogP) is 0.223. The Balaban J connectivity index is 1.67. The number of nitrogens with zero attached hydrogens (tertiary/aromatic N) is 5. The van der Waals surface area contributed by atoms with Crippen molar-refractivity contribution in [1.29, 1.82) is 0 Å². The molecule has 0 amide bonds. The summed E-state index contributed by atoms with van der Waals surface area (Å²) in [6, 6.07) is 0. The maximum Gasteiger partial charge on any atom is 0.264 e. The molecular weight excluding hydrogens is 282 g/mol. The second-order valence-corrected chi connectivity index (χ2v) is 6.34. The first kappa shape index (κ1) is 15.2. The Morgan fingerprint density at radius 1 is 1.36 bits per heavy atom. The van der Waals surface area contributed by atoms with Gasteiger partial charge in [0.25, 0.3) is 5.56 Å². The second kappa shape index (κ2) is 6.18. The number of likely N-dealkylation sites (tertiary alicyclic amines) is 1. The fraction of sp³-hybridized carbons (Fsp3) is 0.667. The summed E-state index contributed by atoms with van der Waals surface area (Å²) in [5.41, 5.74) is 0.421. The Morgan fingerprint density at radius 2 is 2.09 bits per heavy atom. The number of rotatable bonds is 4. The lowest BCUT2D eigenvalue weighted by Crippen LogP contribution is -2.40. The van der Waals surface area contributed by atoms with E-state index in [1.807, 2.05) is 0 Å². The summed E-state index contributed by atoms with van der Waals surface area (Å²) in [6.45, 7) is 5.18. The van der Waals surface area contributed by atoms with E-state index in [-0.39, 0.29) is 12.1 Å². The predicted molar refractivity (Wildman–Crippen MR) is 83.6 cm³/mol. The zero-order chi connectivity index (χ0) is 15.7. The lowest BCUT2D eigenvalue weighted by molar-refractivity contribution is 0.0794. The number of piperidine rings is 1. The van der Waals surface area contributed by atoms with Crippen LogP contribution in [-0.4, -0.2) is 55.1 Å². The highest BCUT2D eigenvalue weighted by molar-refractivity contribution is 5.72. The van der Waals surface area contributed by atoms with Crippen LogP contribution in [0.4, 0.5) is 0 Å². The minimum atomic E-state index is -0.568. The molecule has 0 aromatic carbocycles. The Morgan fingerprint density at radius 3 is 2.82 bits per heavy atom. The molecule has 2 aromatic rings. The highest BCUT2D eigenvalue weighted by Crippen LogP contribution is 2.16. The molecule has 1 aliphatic heterocycles. The molecule has 1 saturated heterocycles. The van der Waals surface area contributed by atoms with Crippen molar-refractivity contribution in [2.45, 2.75) is 32.4 Å². The van der Waals surface area contributed by atoms with Crippen LogP contribution in [0.2, 0.25) is 0 Å². The molecule has 0 aliphatic carbocycles. The van der Waals surface area contributed by atoms with Crippen LogP contribution in [0.25, 0.3) is 11.0 Å². The number of hydrogen-bond acceptors (Lipinski definition) is 5. The summed E-state index contributed by atoms with van der Waals surface area (Å²) in [5, 5.41) is 14.8. The number of fused-ring (bicyclic) bond motifs is 1. The van der Waals surface area contributed by atoms with Gasteiger partial charge in [-0.15, -0.1) is 0 Å². The van der Waals surface area contributed by atoms with E-state index in [2.05, 4.69) is 21.9 Å². The Bertz CT molecular complexity index is 700. The molecular formula is C15H23N5O2. The summed E-state index contributed by atoms with van der Waals surface area (Å²) in [4.78, 5) is 18.9. The molecule has 2 aromatic heterocycles. The molecule has 7 heteroatoms. The van der Waals surface area contributed by atoms with Crippen LogP contribution in [0.1, 0.15) is 19.8 Å². The van der Waals surface area contributed by atoms with Crippen LogP contribution >= 0.6 is 0 Å². The molecule has 120 valence electrons. The summed E-state index contributed by atoms with van der Waals surface area (Å²) < 4.78 is 3.05. The zero-order valence-corrected chi connectivity index (χ0v) is 13.1. The van der Waals surface area contributed by atoms with E-state index in [0.29, 0.717) is 17.6 Å². The standard InChI is InChI=1S/C15H23N5O2/c1-11-3-5-19(6-4-11)8-12(21)9-20-10-16-14-13(15(20)22)7-17-18(14)2/h7,10-12,21H,3-6,8-9H2,1-2H3. The van der Waals surface area contributed by atoms with Crippen molar-refractivity contribution in [2.24, 2.45) is 13.0 Å². The number of β-amino-alcohol motifs (C(OH)–C–C–N with tert-alkyl or cyclic N) is 1. The van der Waals surface area contributed by atoms with Gasteiger partial charge in [-0.2, -0.15) is 5.10 Å². The van der Waals surface area contributed by atoms with Gasteiger partial charge in [0.2, 0.25) is 0 Å². The summed E-state index contributed by atoms with van der Waals surface area (Å²) in [7, 11) is 1.76. The largest absolute Gasteiger partial charge is 0.390 e. The van der Waals surface area contributed by atoms with E-state index >= 15 is 0 Å². The lowest BCUT2D eigenvalue weighted by atomic mass is 9.99. The Labute approximate surface area is 129 Å². The lowest BCUT2D eigenvalue weighted by Gasteiger charge is -2.31. The first-order valence-electron chi connectivity index (χ1n) is 7.82. The zero-order valence-electron chi connectivity index (χ0n) is 13.1. The summed E-state index contributed by atoms with van der Waals surface area (Å²) >= 11 is 0. The van der Waals surface area contributed by atoms with Crippen LogP contribution in [0.3, 0.4) is 0 Å². The van der Waals surface area contributed by atoms with Gasteiger partial charge in [-0.3, -0.25) is 14.0 Å². The van der Waals surface area contributed by atoms with Crippen molar-refractivity contribution in [3.63, 3.8) is 0 Å². The number of aromatic nitrogens is 4. The van der Waals surface area contributed by atoms with Crippen molar-refractivity contribution in [2.75, 3.05) is 19.6 Å². The van der Waals surface area contributed by atoms with Gasteiger partial charge in [-0.05, 0) is 31.8 Å². The van der Waals surface area contributed by atoms with E-state index in [0.717, 1.165) is 19.0 Å². The first-order chi connectivity index (χ1) is 10.5. The molecule has 3 heterocycles. The first-order valence-corrected chi connectivity index (χ1v) is 7.82. The highest BCUT2D eigenvalue weighted by atomic mass is 16.3. The monoisotopic (exact) mass is 305 g/mol. The maximum absolute atomic E-state index is 12.4. The van der Waals surface area contributed by atoms with Crippen molar-refractivity contribution in [3.05, 3.63) is 22.9 Å². The van der Waals surface area contributed by atoms with Crippen LogP contribution in [0.5, 0.6) is 0 Å². The maximum atomic E-state index is 12.4. The third kappa shape index (κ3) is 3.05. The highest BCUT2D eigenvalue weighted by Gasteiger charge is 2.19. The van der Waals surface area contributed by atoms with Crippen molar-refractivity contribution in [1.82, 2.24) is 24.2 Å². The van der Waals surface area contributed by atoms with Gasteiger partial charge >= 0.3 is 0 Å². The number of aliphatic hydroxyl groups is 1. The van der Waals surface area contributed by atoms with E-state index in [1.165, 1.54) is 29.9 Å². The van der Waals surface area contributed by atoms with Crippen LogP contribution in [0.15, 0.2) is 17.3 Å². The summed E-state index contributed by atoms with van der Waals surface area (Å²) in [5.74, 6) is 0.771. The Kier molecular flexibility index (Phi) is 4.26. The fourth-order valence-electron chi connectivity index (χ4n) is 3.02. The molecule has 0 bridgehead atoms. The third-order valence-corrected chi connectivity index (χ3v) is 4.47. The number of aliphatic hydroxyl groups excluding tert-OH is 1. The van der Waals surface area contributed by atoms with E-state index in [4.69, 9.17) is 0 Å². The van der Waals surface area contributed by atoms with Crippen molar-refractivity contribution in [3.8, 4) is 0 Å². The molecule has 7 nitrogen and oxygen atoms in total. The molecule has 1 atom stereocenters. The smallest absolute Gasteiger partial charge is 0.264 e. The molecule has 22 heavy (non-hydrogen) atoms. The van der Waals surface area contributed by atoms with Gasteiger partial charge in [0, 0.05) is 13.6 Å². The van der Waals surface area contributed by atoms with E-state index in [1.54, 1.807) is 11.7 Å². The minimum Gasteiger partial charge on any atom is -0.390 e. The quantitative estimate of drug-likeness (QED) is 0.874. The van der Waals surface area contributed by atoms with Crippen molar-refractivity contribution >= 4 is 11.0 Å². The summed E-state index contributed by atoms with van der Waals surface area (Å²) in [6.07, 6.45) is 4.81. The van der Waals surface area contributed by atoms with Gasteiger partial charge in [0.15, 0.2) is 5.65 Å². The molecule has 1 unspecified atom stereocenters. The van der Waals surface area contributed by atoms with Crippen LogP contribution in [0, 0.1) is 5.92 Å². The van der Waals surface area contributed by atoms with Crippen molar-refractivity contribution < 1.29 is 5.11 Å². The van der Waals surface area contributed by atoms with E-state index < -0.39 is 6.10 Å². The second-order valence-electron chi connectivity index (χ2n) is 6.34. The average Bonchev–Trinajstić information content (AvgIpc) is 2.87. The van der Waals surface area contributed by atoms with Crippen LogP contribution in [-0.2, 0) is 13.6 Å².